The zero-order valence-electron chi connectivity index (χ0n) is 17.6. The summed E-state index contributed by atoms with van der Waals surface area (Å²) < 4.78 is 18.0. The molecule has 0 fully saturated rings. The predicted octanol–water partition coefficient (Wildman–Crippen LogP) is 2.15. The van der Waals surface area contributed by atoms with E-state index in [1.165, 1.54) is 0 Å². The molecule has 26 heavy (non-hydrogen) atoms. The van der Waals surface area contributed by atoms with Crippen LogP contribution in [-0.4, -0.2) is 62.4 Å². The fourth-order valence-corrected chi connectivity index (χ4v) is 8.69. The number of amides is 1. The minimum Gasteiger partial charge on any atom is -0.398 e. The van der Waals surface area contributed by atoms with Gasteiger partial charge >= 0.3 is 0 Å². The molecule has 1 unspecified atom stereocenters. The maximum atomic E-state index is 10.9. The van der Waals surface area contributed by atoms with E-state index >= 15 is 0 Å². The van der Waals surface area contributed by atoms with Crippen LogP contribution in [0.2, 0.25) is 45.3 Å². The Morgan fingerprint density at radius 2 is 1.69 bits per heavy atom. The Bertz CT molecular complexity index is 431. The summed E-state index contributed by atoms with van der Waals surface area (Å²) in [5.74, 6) is -0.445. The summed E-state index contributed by atoms with van der Waals surface area (Å²) in [6.45, 7) is 15.7. The van der Waals surface area contributed by atoms with Gasteiger partial charge in [0.15, 0.2) is 16.6 Å². The Morgan fingerprint density at radius 1 is 1.15 bits per heavy atom. The number of hydrogen-bond donors (Lipinski definition) is 2. The summed E-state index contributed by atoms with van der Waals surface area (Å²) in [5, 5.41) is 9.84. The van der Waals surface area contributed by atoms with Crippen molar-refractivity contribution < 1.29 is 23.5 Å². The van der Waals surface area contributed by atoms with Gasteiger partial charge < -0.3 is 24.4 Å². The first-order valence-electron chi connectivity index (χ1n) is 9.38. The molecule has 3 N–H and O–H groups in total. The van der Waals surface area contributed by atoms with Gasteiger partial charge in [-0.15, -0.1) is 0 Å². The standard InChI is InChI=1S/C17H39NO5Si3/c1-14(16(18)20)9-10-15(19)13-21-11-8-12-24-17(22-25(2,3)4)23-26(5,6)7/h9,15,17,19H,8,10-13,24H2,1-7H3,(H2,18,20). The summed E-state index contributed by atoms with van der Waals surface area (Å²) in [5.41, 5.74) is 5.61. The lowest BCUT2D eigenvalue weighted by Gasteiger charge is -2.31. The Balaban J connectivity index is 4.03. The minimum absolute atomic E-state index is 0.0147. The Labute approximate surface area is 163 Å². The SMILES string of the molecule is CC(=CCC(O)COCCC[SiH2]C(O[Si](C)(C)C)O[Si](C)(C)C)C(N)=O. The van der Waals surface area contributed by atoms with Gasteiger partial charge in [-0.1, -0.05) is 12.1 Å². The maximum absolute atomic E-state index is 10.9. The molecule has 0 aliphatic heterocycles. The van der Waals surface area contributed by atoms with Crippen molar-refractivity contribution in [1.82, 2.24) is 0 Å². The third-order valence-corrected chi connectivity index (χ3v) is 7.66. The normalized spacial score (nSPS) is 15.2. The number of ether oxygens (including phenoxy) is 1. The molecule has 0 saturated carbocycles. The van der Waals surface area contributed by atoms with Crippen LogP contribution in [0.25, 0.3) is 0 Å². The van der Waals surface area contributed by atoms with Gasteiger partial charge in [-0.05, 0) is 59.0 Å². The summed E-state index contributed by atoms with van der Waals surface area (Å²) in [6, 6.07) is 1.09. The van der Waals surface area contributed by atoms with E-state index in [1.54, 1.807) is 13.0 Å². The Morgan fingerprint density at radius 3 is 2.15 bits per heavy atom. The molecular formula is C17H39NO5Si3. The molecule has 0 heterocycles. The molecule has 154 valence electrons. The molecule has 1 amide bonds. The van der Waals surface area contributed by atoms with Gasteiger partial charge in [0, 0.05) is 12.2 Å². The van der Waals surface area contributed by atoms with Crippen molar-refractivity contribution in [2.45, 2.75) is 77.1 Å². The second-order valence-electron chi connectivity index (χ2n) is 8.60. The largest absolute Gasteiger partial charge is 0.398 e. The van der Waals surface area contributed by atoms with Gasteiger partial charge in [0.1, 0.15) is 5.91 Å². The fraction of sp³-hybridized carbons (Fsp3) is 0.824. The van der Waals surface area contributed by atoms with Crippen LogP contribution in [0.4, 0.5) is 0 Å². The lowest BCUT2D eigenvalue weighted by atomic mass is 10.2. The van der Waals surface area contributed by atoms with Crippen molar-refractivity contribution in [2.24, 2.45) is 5.73 Å². The monoisotopic (exact) mass is 421 g/mol. The number of nitrogens with two attached hydrogens (primary N) is 1. The van der Waals surface area contributed by atoms with E-state index in [-0.39, 0.29) is 12.5 Å². The molecule has 9 heteroatoms. The van der Waals surface area contributed by atoms with Crippen molar-refractivity contribution in [2.75, 3.05) is 13.2 Å². The van der Waals surface area contributed by atoms with Crippen molar-refractivity contribution >= 4 is 32.1 Å². The summed E-state index contributed by atoms with van der Waals surface area (Å²) in [4.78, 5) is 10.9. The number of aliphatic hydroxyl groups is 1. The van der Waals surface area contributed by atoms with Crippen LogP contribution in [0.15, 0.2) is 11.6 Å². The molecule has 1 atom stereocenters. The van der Waals surface area contributed by atoms with Crippen LogP contribution >= 0.6 is 0 Å². The number of aliphatic hydroxyl groups excluding tert-OH is 1. The summed E-state index contributed by atoms with van der Waals surface area (Å²) in [7, 11) is -3.71. The van der Waals surface area contributed by atoms with E-state index in [0.717, 1.165) is 12.5 Å². The first-order valence-corrected chi connectivity index (χ1v) is 18.0. The first-order chi connectivity index (χ1) is 11.8. The van der Waals surface area contributed by atoms with Crippen LogP contribution in [0, 0.1) is 0 Å². The fourth-order valence-electron chi connectivity index (χ4n) is 2.15. The maximum Gasteiger partial charge on any atom is 0.244 e. The number of rotatable bonds is 14. The molecule has 0 spiro atoms. The van der Waals surface area contributed by atoms with E-state index in [9.17, 15) is 9.90 Å². The van der Waals surface area contributed by atoms with Gasteiger partial charge in [-0.2, -0.15) is 0 Å². The molecule has 0 radical (unpaired) electrons. The summed E-state index contributed by atoms with van der Waals surface area (Å²) in [6.07, 6.45) is 2.37. The van der Waals surface area contributed by atoms with Crippen molar-refractivity contribution in [3.05, 3.63) is 11.6 Å². The van der Waals surface area contributed by atoms with Crippen LogP contribution in [-0.2, 0) is 18.4 Å². The number of carbonyl (C=O) groups excluding carboxylic acids is 1. The third-order valence-electron chi connectivity index (χ3n) is 3.34. The van der Waals surface area contributed by atoms with E-state index in [4.69, 9.17) is 19.3 Å². The minimum atomic E-state index is -1.61. The number of primary amides is 1. The van der Waals surface area contributed by atoms with E-state index in [2.05, 4.69) is 39.3 Å². The molecule has 0 saturated heterocycles. The summed E-state index contributed by atoms with van der Waals surface area (Å²) >= 11 is 0. The molecule has 0 rings (SSSR count). The van der Waals surface area contributed by atoms with Crippen molar-refractivity contribution in [3.8, 4) is 0 Å². The van der Waals surface area contributed by atoms with Crippen molar-refractivity contribution in [1.29, 1.82) is 0 Å². The zero-order chi connectivity index (χ0) is 20.4. The average Bonchev–Trinajstić information content (AvgIpc) is 2.44. The van der Waals surface area contributed by atoms with Gasteiger partial charge in [0.25, 0.3) is 0 Å². The lowest BCUT2D eigenvalue weighted by Crippen LogP contribution is -2.43. The quantitative estimate of drug-likeness (QED) is 0.194. The van der Waals surface area contributed by atoms with E-state index in [0.29, 0.717) is 18.6 Å². The highest BCUT2D eigenvalue weighted by Gasteiger charge is 2.26. The number of carbonyl (C=O) groups is 1. The zero-order valence-corrected chi connectivity index (χ0v) is 21.0. The molecule has 0 aliphatic rings. The van der Waals surface area contributed by atoms with Crippen LogP contribution in [0.5, 0.6) is 0 Å². The van der Waals surface area contributed by atoms with Gasteiger partial charge in [-0.25, -0.2) is 0 Å². The van der Waals surface area contributed by atoms with Crippen LogP contribution in [0.1, 0.15) is 19.8 Å². The molecule has 0 aromatic rings. The van der Waals surface area contributed by atoms with Gasteiger partial charge in [0.2, 0.25) is 5.91 Å². The van der Waals surface area contributed by atoms with E-state index in [1.807, 2.05) is 0 Å². The third kappa shape index (κ3) is 15.9. The lowest BCUT2D eigenvalue weighted by molar-refractivity contribution is -0.114. The van der Waals surface area contributed by atoms with Gasteiger partial charge in [-0.3, -0.25) is 4.79 Å². The van der Waals surface area contributed by atoms with E-state index < -0.39 is 38.2 Å². The molecule has 6 nitrogen and oxygen atoms in total. The first kappa shape index (κ1) is 25.7. The highest BCUT2D eigenvalue weighted by atomic mass is 28.4. The molecule has 0 bridgehead atoms. The Kier molecular flexibility index (Phi) is 12.1. The molecule has 0 aromatic heterocycles. The Hall–Kier alpha value is -0.299. The highest BCUT2D eigenvalue weighted by Crippen LogP contribution is 2.14. The molecular weight excluding hydrogens is 382 g/mol. The topological polar surface area (TPSA) is 91.0 Å². The second-order valence-corrected chi connectivity index (χ2v) is 19.5. The van der Waals surface area contributed by atoms with Crippen molar-refractivity contribution in [3.63, 3.8) is 0 Å². The highest BCUT2D eigenvalue weighted by molar-refractivity contribution is 6.71. The predicted molar refractivity (Wildman–Crippen MR) is 115 cm³/mol. The van der Waals surface area contributed by atoms with Crippen LogP contribution in [0.3, 0.4) is 0 Å². The van der Waals surface area contributed by atoms with Gasteiger partial charge in [0.05, 0.1) is 22.2 Å². The molecule has 0 aromatic carbocycles. The molecule has 0 aliphatic carbocycles. The van der Waals surface area contributed by atoms with Crippen LogP contribution < -0.4 is 5.73 Å². The number of hydrogen-bond acceptors (Lipinski definition) is 5. The average molecular weight is 422 g/mol. The second kappa shape index (κ2) is 12.2. The smallest absolute Gasteiger partial charge is 0.244 e.